The van der Waals surface area contributed by atoms with Crippen molar-refractivity contribution >= 4 is 65.4 Å². The first-order valence-corrected chi connectivity index (χ1v) is 21.7. The molecule has 0 aliphatic rings. The Morgan fingerprint density at radius 3 is 1.14 bits per heavy atom. The lowest BCUT2D eigenvalue weighted by Crippen LogP contribution is -1.96. The molecule has 0 atom stereocenters. The second kappa shape index (κ2) is 14.1. The van der Waals surface area contributed by atoms with Crippen LogP contribution in [0.15, 0.2) is 237 Å². The highest BCUT2D eigenvalue weighted by molar-refractivity contribution is 6.20. The van der Waals surface area contributed by atoms with Gasteiger partial charge in [0, 0.05) is 49.4 Å². The average molecular weight is 802 g/mol. The van der Waals surface area contributed by atoms with Gasteiger partial charge in [0.2, 0.25) is 0 Å². The zero-order valence-corrected chi connectivity index (χ0v) is 34.4. The summed E-state index contributed by atoms with van der Waals surface area (Å²) in [5.41, 5.74) is 17.8. The molecule has 0 saturated heterocycles. The fourth-order valence-corrected chi connectivity index (χ4v) is 10.1. The number of aromatic nitrogens is 3. The summed E-state index contributed by atoms with van der Waals surface area (Å²) in [6, 6.07) is 86.4. The smallest absolute Gasteiger partial charge is 0.0562 e. The van der Waals surface area contributed by atoms with Crippen LogP contribution >= 0.6 is 0 Å². The molecule has 13 aromatic rings. The van der Waals surface area contributed by atoms with Crippen LogP contribution in [0.3, 0.4) is 0 Å². The van der Waals surface area contributed by atoms with Crippen molar-refractivity contribution in [1.29, 1.82) is 0 Å². The fourth-order valence-electron chi connectivity index (χ4n) is 10.1. The molecule has 0 bridgehead atoms. The summed E-state index contributed by atoms with van der Waals surface area (Å²) in [5, 5.41) is 7.45. The Kier molecular flexibility index (Phi) is 7.91. The summed E-state index contributed by atoms with van der Waals surface area (Å²) in [5.74, 6) is 0. The summed E-state index contributed by atoms with van der Waals surface area (Å²) in [4.78, 5) is 0. The van der Waals surface area contributed by atoms with E-state index in [-0.39, 0.29) is 0 Å². The van der Waals surface area contributed by atoms with Gasteiger partial charge in [-0.3, -0.25) is 0 Å². The molecule has 13 rings (SSSR count). The van der Waals surface area contributed by atoms with Crippen LogP contribution in [0.1, 0.15) is 0 Å². The van der Waals surface area contributed by atoms with Crippen molar-refractivity contribution in [3.63, 3.8) is 0 Å². The molecule has 3 nitrogen and oxygen atoms in total. The molecule has 10 aromatic carbocycles. The molecular formula is C60H39N3. The molecule has 0 radical (unpaired) electrons. The number of benzene rings is 10. The Hall–Kier alpha value is -8.40. The van der Waals surface area contributed by atoms with Gasteiger partial charge in [0.1, 0.15) is 0 Å². The molecule has 0 N–H and O–H groups in total. The molecule has 0 aliphatic carbocycles. The minimum absolute atomic E-state index is 1.14. The van der Waals surface area contributed by atoms with Crippen LogP contribution in [0.4, 0.5) is 0 Å². The number of fused-ring (bicyclic) bond motifs is 9. The lowest BCUT2D eigenvalue weighted by Gasteiger charge is -2.11. The number of hydrogen-bond donors (Lipinski definition) is 0. The molecule has 0 fully saturated rings. The first kappa shape index (κ1) is 35.4. The lowest BCUT2D eigenvalue weighted by molar-refractivity contribution is 1.16. The third-order valence-electron chi connectivity index (χ3n) is 13.0. The van der Waals surface area contributed by atoms with E-state index in [2.05, 4.69) is 250 Å². The summed E-state index contributed by atoms with van der Waals surface area (Å²) >= 11 is 0. The molecule has 0 saturated carbocycles. The highest BCUT2D eigenvalue weighted by Crippen LogP contribution is 2.42. The van der Waals surface area contributed by atoms with Gasteiger partial charge in [-0.1, -0.05) is 152 Å². The zero-order valence-electron chi connectivity index (χ0n) is 34.4. The van der Waals surface area contributed by atoms with Crippen LogP contribution in [0.25, 0.3) is 116 Å². The van der Waals surface area contributed by atoms with Crippen LogP contribution in [-0.2, 0) is 0 Å². The number of rotatable bonds is 6. The van der Waals surface area contributed by atoms with E-state index < -0.39 is 0 Å². The minimum Gasteiger partial charge on any atom is -0.309 e. The highest BCUT2D eigenvalue weighted by atomic mass is 15.0. The summed E-state index contributed by atoms with van der Waals surface area (Å²) in [6.45, 7) is 0. The Balaban J connectivity index is 1.00. The van der Waals surface area contributed by atoms with Gasteiger partial charge >= 0.3 is 0 Å². The highest BCUT2D eigenvalue weighted by Gasteiger charge is 2.20. The maximum Gasteiger partial charge on any atom is 0.0562 e. The predicted molar refractivity (Wildman–Crippen MR) is 266 cm³/mol. The van der Waals surface area contributed by atoms with Crippen molar-refractivity contribution in [2.45, 2.75) is 0 Å². The molecular weight excluding hydrogens is 763 g/mol. The Labute approximate surface area is 364 Å². The number of para-hydroxylation sites is 3. The molecule has 294 valence electrons. The van der Waals surface area contributed by atoms with Crippen LogP contribution in [0.5, 0.6) is 0 Å². The van der Waals surface area contributed by atoms with E-state index >= 15 is 0 Å². The van der Waals surface area contributed by atoms with Gasteiger partial charge < -0.3 is 13.7 Å². The average Bonchev–Trinajstić information content (AvgIpc) is 3.99. The Morgan fingerprint density at radius 2 is 0.540 bits per heavy atom. The third kappa shape index (κ3) is 5.60. The monoisotopic (exact) mass is 801 g/mol. The maximum atomic E-state index is 2.44. The Bertz CT molecular complexity index is 3870. The van der Waals surface area contributed by atoms with Gasteiger partial charge in [0.05, 0.1) is 33.1 Å². The molecule has 0 spiro atoms. The van der Waals surface area contributed by atoms with Gasteiger partial charge in [-0.25, -0.2) is 0 Å². The van der Waals surface area contributed by atoms with Crippen molar-refractivity contribution in [2.75, 3.05) is 0 Å². The van der Waals surface area contributed by atoms with Crippen molar-refractivity contribution < 1.29 is 0 Å². The summed E-state index contributed by atoms with van der Waals surface area (Å²) in [7, 11) is 0. The van der Waals surface area contributed by atoms with Gasteiger partial charge in [0.25, 0.3) is 0 Å². The van der Waals surface area contributed by atoms with Crippen LogP contribution in [0, 0.1) is 0 Å². The van der Waals surface area contributed by atoms with Gasteiger partial charge in [-0.05, 0) is 118 Å². The van der Waals surface area contributed by atoms with E-state index in [0.29, 0.717) is 0 Å². The molecule has 3 heterocycles. The second-order valence-electron chi connectivity index (χ2n) is 16.6. The predicted octanol–water partition coefficient (Wildman–Crippen LogP) is 16.0. The van der Waals surface area contributed by atoms with Gasteiger partial charge in [-0.15, -0.1) is 0 Å². The normalized spacial score (nSPS) is 11.8. The fraction of sp³-hybridized carbons (Fsp3) is 0. The molecule has 0 aliphatic heterocycles. The SMILES string of the molecule is c1ccc(-c2ccc(-n3c4ccccc4c4cc5c6cc(-c7ccc8c(c7)c7ccccc7n8-c7cccc(-c8ccccc8)c7)ccc6n(-c6ccccc6)c5cc43)cc2)cc1. The van der Waals surface area contributed by atoms with Crippen LogP contribution < -0.4 is 0 Å². The molecule has 3 aromatic heterocycles. The first-order chi connectivity index (χ1) is 31.2. The molecule has 0 amide bonds. The quantitative estimate of drug-likeness (QED) is 0.159. The van der Waals surface area contributed by atoms with E-state index in [0.717, 1.165) is 17.1 Å². The topological polar surface area (TPSA) is 14.8 Å². The number of hydrogen-bond acceptors (Lipinski definition) is 0. The van der Waals surface area contributed by atoms with Crippen molar-refractivity contribution in [1.82, 2.24) is 13.7 Å². The lowest BCUT2D eigenvalue weighted by atomic mass is 10.00. The first-order valence-electron chi connectivity index (χ1n) is 21.7. The number of nitrogens with zero attached hydrogens (tertiary/aromatic N) is 3. The van der Waals surface area contributed by atoms with Crippen LogP contribution in [-0.4, -0.2) is 13.7 Å². The summed E-state index contributed by atoms with van der Waals surface area (Å²) < 4.78 is 7.28. The van der Waals surface area contributed by atoms with E-state index in [1.165, 1.54) is 98.8 Å². The van der Waals surface area contributed by atoms with Gasteiger partial charge in [0.15, 0.2) is 0 Å². The molecule has 63 heavy (non-hydrogen) atoms. The van der Waals surface area contributed by atoms with Crippen molar-refractivity contribution in [3.8, 4) is 50.4 Å². The maximum absolute atomic E-state index is 2.44. The molecule has 3 heteroatoms. The van der Waals surface area contributed by atoms with E-state index in [9.17, 15) is 0 Å². The minimum atomic E-state index is 1.14. The Morgan fingerprint density at radius 1 is 0.175 bits per heavy atom. The second-order valence-corrected chi connectivity index (χ2v) is 16.6. The largest absolute Gasteiger partial charge is 0.309 e. The van der Waals surface area contributed by atoms with Crippen molar-refractivity contribution in [2.24, 2.45) is 0 Å². The third-order valence-corrected chi connectivity index (χ3v) is 13.0. The van der Waals surface area contributed by atoms with E-state index in [1.54, 1.807) is 0 Å². The van der Waals surface area contributed by atoms with E-state index in [1.807, 2.05) is 0 Å². The standard InChI is InChI=1S/C60H39N3/c1-4-15-40(16-5-1)42-27-31-47(32-28-42)62-55-25-12-11-24-50(55)53-38-54-52-37-45(30-34-58(52)61(60(54)39-59(53)62)46-20-8-3-9-21-46)44-29-33-57-51(36-44)49-23-10-13-26-56(49)63(57)48-22-14-19-43(35-48)41-17-6-2-7-18-41/h1-39H. The molecule has 0 unspecified atom stereocenters. The van der Waals surface area contributed by atoms with Gasteiger partial charge in [-0.2, -0.15) is 0 Å². The summed E-state index contributed by atoms with van der Waals surface area (Å²) in [6.07, 6.45) is 0. The van der Waals surface area contributed by atoms with Crippen LogP contribution in [0.2, 0.25) is 0 Å². The zero-order chi connectivity index (χ0) is 41.4. The van der Waals surface area contributed by atoms with Crippen molar-refractivity contribution in [3.05, 3.63) is 237 Å². The van der Waals surface area contributed by atoms with E-state index in [4.69, 9.17) is 0 Å².